The summed E-state index contributed by atoms with van der Waals surface area (Å²) in [4.78, 5) is 0. The van der Waals surface area contributed by atoms with E-state index in [-0.39, 0.29) is 12.1 Å². The second kappa shape index (κ2) is 5.83. The molecule has 0 spiro atoms. The van der Waals surface area contributed by atoms with E-state index in [0.717, 1.165) is 6.42 Å². The fourth-order valence-corrected chi connectivity index (χ4v) is 3.16. The van der Waals surface area contributed by atoms with E-state index in [1.807, 2.05) is 6.07 Å². The predicted molar refractivity (Wildman–Crippen MR) is 73.9 cm³/mol. The average molecular weight is 248 g/mol. The van der Waals surface area contributed by atoms with Gasteiger partial charge in [0.2, 0.25) is 0 Å². The van der Waals surface area contributed by atoms with Crippen molar-refractivity contribution in [2.24, 2.45) is 17.7 Å². The number of hydrogen-bond donors (Lipinski definition) is 2. The molecule has 18 heavy (non-hydrogen) atoms. The normalized spacial score (nSPS) is 33.6. The van der Waals surface area contributed by atoms with Crippen LogP contribution < -0.4 is 11.3 Å². The van der Waals surface area contributed by atoms with Crippen LogP contribution >= 0.6 is 0 Å². The first-order chi connectivity index (χ1) is 8.63. The number of hydrogen-bond acceptors (Lipinski definition) is 3. The molecular formula is C15H24N2O. The number of benzene rings is 1. The van der Waals surface area contributed by atoms with Gasteiger partial charge in [-0.25, -0.2) is 0 Å². The molecule has 3 N–H and O–H groups in total. The van der Waals surface area contributed by atoms with Crippen LogP contribution in [0.25, 0.3) is 0 Å². The van der Waals surface area contributed by atoms with Gasteiger partial charge in [-0.1, -0.05) is 37.3 Å². The summed E-state index contributed by atoms with van der Waals surface area (Å²) in [6, 6.07) is 10.8. The third kappa shape index (κ3) is 2.74. The maximum Gasteiger partial charge on any atom is 0.0597 e. The highest BCUT2D eigenvalue weighted by Crippen LogP contribution is 2.35. The van der Waals surface area contributed by atoms with Gasteiger partial charge in [-0.2, -0.15) is 0 Å². The molecule has 1 heterocycles. The van der Waals surface area contributed by atoms with Gasteiger partial charge in [0.15, 0.2) is 0 Å². The van der Waals surface area contributed by atoms with Crippen LogP contribution in [-0.2, 0) is 11.2 Å². The zero-order valence-corrected chi connectivity index (χ0v) is 11.5. The lowest BCUT2D eigenvalue weighted by Crippen LogP contribution is -2.46. The van der Waals surface area contributed by atoms with Gasteiger partial charge in [0.05, 0.1) is 12.2 Å². The number of nitrogens with two attached hydrogens (primary N) is 1. The minimum absolute atomic E-state index is 0.264. The molecule has 0 aromatic heterocycles. The van der Waals surface area contributed by atoms with Crippen molar-refractivity contribution in [3.63, 3.8) is 0 Å². The quantitative estimate of drug-likeness (QED) is 0.634. The van der Waals surface area contributed by atoms with E-state index >= 15 is 0 Å². The van der Waals surface area contributed by atoms with Crippen molar-refractivity contribution in [3.8, 4) is 0 Å². The molecular weight excluding hydrogens is 224 g/mol. The van der Waals surface area contributed by atoms with E-state index in [2.05, 4.69) is 50.5 Å². The van der Waals surface area contributed by atoms with Crippen LogP contribution in [0.4, 0.5) is 0 Å². The molecule has 0 radical (unpaired) electrons. The van der Waals surface area contributed by atoms with E-state index < -0.39 is 0 Å². The molecule has 100 valence electrons. The molecule has 2 rings (SSSR count). The van der Waals surface area contributed by atoms with Crippen molar-refractivity contribution < 1.29 is 4.74 Å². The smallest absolute Gasteiger partial charge is 0.0597 e. The van der Waals surface area contributed by atoms with Crippen molar-refractivity contribution in [2.75, 3.05) is 0 Å². The highest BCUT2D eigenvalue weighted by atomic mass is 16.5. The Kier molecular flexibility index (Phi) is 4.38. The predicted octanol–water partition coefficient (Wildman–Crippen LogP) is 2.12. The number of rotatable bonds is 4. The zero-order chi connectivity index (χ0) is 13.1. The topological polar surface area (TPSA) is 47.3 Å². The lowest BCUT2D eigenvalue weighted by molar-refractivity contribution is 0.0476. The number of nitrogens with one attached hydrogen (secondary N) is 1. The number of ether oxygens (including phenoxy) is 1. The van der Waals surface area contributed by atoms with Crippen molar-refractivity contribution in [1.82, 2.24) is 5.43 Å². The fraction of sp³-hybridized carbons (Fsp3) is 0.600. The summed E-state index contributed by atoms with van der Waals surface area (Å²) in [7, 11) is 0. The van der Waals surface area contributed by atoms with Crippen LogP contribution in [-0.4, -0.2) is 18.2 Å². The van der Waals surface area contributed by atoms with Gasteiger partial charge < -0.3 is 4.74 Å². The Bertz CT molecular complexity index is 368. The molecule has 3 heteroatoms. The molecule has 1 aromatic carbocycles. The summed E-state index contributed by atoms with van der Waals surface area (Å²) in [6.07, 6.45) is 1.53. The van der Waals surface area contributed by atoms with E-state index in [9.17, 15) is 0 Å². The van der Waals surface area contributed by atoms with Crippen LogP contribution in [0, 0.1) is 11.8 Å². The van der Waals surface area contributed by atoms with Gasteiger partial charge in [0.1, 0.15) is 0 Å². The first kappa shape index (κ1) is 13.5. The summed E-state index contributed by atoms with van der Waals surface area (Å²) < 4.78 is 5.91. The van der Waals surface area contributed by atoms with Crippen LogP contribution in [0.2, 0.25) is 0 Å². The largest absolute Gasteiger partial charge is 0.375 e. The Hall–Kier alpha value is -0.900. The van der Waals surface area contributed by atoms with Crippen molar-refractivity contribution in [2.45, 2.75) is 45.4 Å². The van der Waals surface area contributed by atoms with Crippen molar-refractivity contribution in [3.05, 3.63) is 35.9 Å². The molecule has 1 fully saturated rings. The highest BCUT2D eigenvalue weighted by molar-refractivity contribution is 5.16. The van der Waals surface area contributed by atoms with Crippen LogP contribution in [0.5, 0.6) is 0 Å². The zero-order valence-electron chi connectivity index (χ0n) is 11.5. The molecule has 0 amide bonds. The van der Waals surface area contributed by atoms with Gasteiger partial charge in [0, 0.05) is 12.0 Å². The van der Waals surface area contributed by atoms with Crippen molar-refractivity contribution in [1.29, 1.82) is 0 Å². The SMILES string of the molecule is CC1OC(C)C(C(Cc2ccccc2)NN)C1C. The molecule has 0 aliphatic carbocycles. The summed E-state index contributed by atoms with van der Waals surface area (Å²) in [5.41, 5.74) is 4.31. The van der Waals surface area contributed by atoms with Gasteiger partial charge in [-0.3, -0.25) is 11.3 Å². The summed E-state index contributed by atoms with van der Waals surface area (Å²) >= 11 is 0. The Morgan fingerprint density at radius 2 is 1.83 bits per heavy atom. The Labute approximate surface area is 110 Å². The van der Waals surface area contributed by atoms with Crippen LogP contribution in [0.1, 0.15) is 26.3 Å². The van der Waals surface area contributed by atoms with E-state index in [1.165, 1.54) is 5.56 Å². The average Bonchev–Trinajstić information content (AvgIpc) is 2.62. The van der Waals surface area contributed by atoms with Crippen molar-refractivity contribution >= 4 is 0 Å². The van der Waals surface area contributed by atoms with Gasteiger partial charge in [0.25, 0.3) is 0 Å². The molecule has 1 aliphatic heterocycles. The minimum atomic E-state index is 0.264. The minimum Gasteiger partial charge on any atom is -0.375 e. The molecule has 5 atom stereocenters. The maximum atomic E-state index is 5.91. The third-order valence-corrected chi connectivity index (χ3v) is 4.30. The maximum absolute atomic E-state index is 5.91. The lowest BCUT2D eigenvalue weighted by atomic mass is 9.81. The van der Waals surface area contributed by atoms with Gasteiger partial charge in [-0.05, 0) is 31.7 Å². The second-order valence-electron chi connectivity index (χ2n) is 5.45. The monoisotopic (exact) mass is 248 g/mol. The summed E-state index contributed by atoms with van der Waals surface area (Å²) in [5.74, 6) is 6.76. The summed E-state index contributed by atoms with van der Waals surface area (Å²) in [6.45, 7) is 6.56. The van der Waals surface area contributed by atoms with E-state index in [4.69, 9.17) is 10.6 Å². The molecule has 1 aromatic rings. The van der Waals surface area contributed by atoms with E-state index in [1.54, 1.807) is 0 Å². The molecule has 0 bridgehead atoms. The number of hydrazine groups is 1. The molecule has 3 nitrogen and oxygen atoms in total. The third-order valence-electron chi connectivity index (χ3n) is 4.30. The van der Waals surface area contributed by atoms with Crippen LogP contribution in [0.15, 0.2) is 30.3 Å². The first-order valence-corrected chi connectivity index (χ1v) is 6.79. The first-order valence-electron chi connectivity index (χ1n) is 6.79. The standard InChI is InChI=1S/C15H24N2O/c1-10-11(2)18-12(3)15(10)14(17-16)9-13-7-5-4-6-8-13/h4-8,10-12,14-15,17H,9,16H2,1-3H3. The van der Waals surface area contributed by atoms with Gasteiger partial charge in [-0.15, -0.1) is 0 Å². The lowest BCUT2D eigenvalue weighted by Gasteiger charge is -2.28. The van der Waals surface area contributed by atoms with E-state index in [0.29, 0.717) is 17.9 Å². The highest BCUT2D eigenvalue weighted by Gasteiger charge is 2.41. The molecule has 1 saturated heterocycles. The summed E-state index contributed by atoms with van der Waals surface area (Å²) in [5, 5.41) is 0. The second-order valence-corrected chi connectivity index (χ2v) is 5.45. The van der Waals surface area contributed by atoms with Crippen LogP contribution in [0.3, 0.4) is 0 Å². The molecule has 1 aliphatic rings. The Morgan fingerprint density at radius 1 is 1.17 bits per heavy atom. The fourth-order valence-electron chi connectivity index (χ4n) is 3.16. The molecule has 0 saturated carbocycles. The molecule has 5 unspecified atom stereocenters. The Morgan fingerprint density at radius 3 is 2.33 bits per heavy atom. The Balaban J connectivity index is 2.09. The van der Waals surface area contributed by atoms with Gasteiger partial charge >= 0.3 is 0 Å².